The van der Waals surface area contributed by atoms with Crippen molar-refractivity contribution >= 4 is 27.3 Å². The van der Waals surface area contributed by atoms with Crippen molar-refractivity contribution in [1.82, 2.24) is 14.6 Å². The van der Waals surface area contributed by atoms with Crippen molar-refractivity contribution in [3.8, 4) is 0 Å². The van der Waals surface area contributed by atoms with Gasteiger partial charge in [0, 0.05) is 6.54 Å². The fraction of sp³-hybridized carbons (Fsp3) is 0.500. The number of carboxylic acid groups (broad SMARTS) is 1. The number of imidazole rings is 1. The molecule has 4 rings (SSSR count). The summed E-state index contributed by atoms with van der Waals surface area (Å²) in [6.07, 6.45) is 2.79. The van der Waals surface area contributed by atoms with Gasteiger partial charge in [-0.15, -0.1) is 5.10 Å². The van der Waals surface area contributed by atoms with Crippen LogP contribution in [0, 0.1) is 0 Å². The molecule has 0 spiro atoms. The van der Waals surface area contributed by atoms with Gasteiger partial charge in [0.25, 0.3) is 0 Å². The summed E-state index contributed by atoms with van der Waals surface area (Å²) in [5.74, 6) is -1.01. The molecule has 2 aliphatic rings. The number of nitrogens with zero attached hydrogens (tertiary/aromatic N) is 4. The number of hydrogen-bond donors (Lipinski definition) is 1. The molecule has 1 N–H and O–H groups in total. The standard InChI is InChI=1S/C10H10N4O3S/c15-9(16)7-8-14(4-11-7)12-10(18-8)13-2-6-1-5(13)3-17-6/h4-6H,1-3H2,(H,15,16)/t5-,6-/m1/s1. The molecule has 2 aromatic rings. The molecule has 2 aliphatic heterocycles. The van der Waals surface area contributed by atoms with E-state index in [1.165, 1.54) is 22.2 Å². The highest BCUT2D eigenvalue weighted by atomic mass is 32.1. The Bertz CT molecular complexity index is 636. The zero-order chi connectivity index (χ0) is 12.3. The number of fused-ring (bicyclic) bond motifs is 3. The van der Waals surface area contributed by atoms with E-state index in [-0.39, 0.29) is 5.69 Å². The van der Waals surface area contributed by atoms with Gasteiger partial charge in [-0.25, -0.2) is 14.3 Å². The maximum Gasteiger partial charge on any atom is 0.357 e. The second kappa shape index (κ2) is 3.42. The van der Waals surface area contributed by atoms with Gasteiger partial charge in [0.2, 0.25) is 5.13 Å². The third kappa shape index (κ3) is 1.30. The number of hydrogen-bond acceptors (Lipinski definition) is 6. The van der Waals surface area contributed by atoms with E-state index < -0.39 is 5.97 Å². The molecule has 94 valence electrons. The topological polar surface area (TPSA) is 80.0 Å². The van der Waals surface area contributed by atoms with E-state index in [1.54, 1.807) is 0 Å². The zero-order valence-electron chi connectivity index (χ0n) is 9.31. The highest BCUT2D eigenvalue weighted by Crippen LogP contribution is 2.35. The predicted octanol–water partition coefficient (Wildman–Crippen LogP) is 0.466. The lowest BCUT2D eigenvalue weighted by Crippen LogP contribution is -2.36. The van der Waals surface area contributed by atoms with E-state index in [2.05, 4.69) is 15.0 Å². The van der Waals surface area contributed by atoms with Crippen molar-refractivity contribution in [2.24, 2.45) is 0 Å². The fourth-order valence-electron chi connectivity index (χ4n) is 2.59. The summed E-state index contributed by atoms with van der Waals surface area (Å²) in [4.78, 5) is 17.6. The molecule has 0 aliphatic carbocycles. The first-order valence-corrected chi connectivity index (χ1v) is 6.50. The van der Waals surface area contributed by atoms with Crippen molar-refractivity contribution in [2.45, 2.75) is 18.6 Å². The van der Waals surface area contributed by atoms with E-state index in [0.29, 0.717) is 17.0 Å². The van der Waals surface area contributed by atoms with Crippen LogP contribution in [-0.2, 0) is 4.74 Å². The second-order valence-corrected chi connectivity index (χ2v) is 5.49. The van der Waals surface area contributed by atoms with Gasteiger partial charge in [-0.05, 0) is 6.42 Å². The van der Waals surface area contributed by atoms with Gasteiger partial charge in [0.05, 0.1) is 18.8 Å². The molecule has 2 saturated heterocycles. The first-order chi connectivity index (χ1) is 8.72. The molecule has 0 amide bonds. The van der Waals surface area contributed by atoms with E-state index >= 15 is 0 Å². The van der Waals surface area contributed by atoms with Crippen LogP contribution in [0.1, 0.15) is 16.9 Å². The Labute approximate surface area is 106 Å². The number of carbonyl (C=O) groups is 1. The Hall–Kier alpha value is -1.67. The molecule has 0 unspecified atom stereocenters. The normalized spacial score (nSPS) is 26.3. The van der Waals surface area contributed by atoms with Crippen molar-refractivity contribution in [1.29, 1.82) is 0 Å². The van der Waals surface area contributed by atoms with Crippen LogP contribution in [0.5, 0.6) is 0 Å². The van der Waals surface area contributed by atoms with Crippen molar-refractivity contribution in [2.75, 3.05) is 18.1 Å². The molecule has 18 heavy (non-hydrogen) atoms. The molecule has 0 saturated carbocycles. The van der Waals surface area contributed by atoms with Gasteiger partial charge in [0.15, 0.2) is 10.5 Å². The molecule has 2 atom stereocenters. The number of carboxylic acids is 1. The summed E-state index contributed by atoms with van der Waals surface area (Å²) in [7, 11) is 0. The van der Waals surface area contributed by atoms with Crippen LogP contribution in [-0.4, -0.2) is 51.0 Å². The zero-order valence-corrected chi connectivity index (χ0v) is 10.1. The van der Waals surface area contributed by atoms with Crippen LogP contribution in [0.15, 0.2) is 6.33 Å². The first-order valence-electron chi connectivity index (χ1n) is 5.68. The minimum absolute atomic E-state index is 0.0688. The van der Waals surface area contributed by atoms with E-state index in [0.717, 1.165) is 24.7 Å². The predicted molar refractivity (Wildman–Crippen MR) is 63.3 cm³/mol. The molecule has 2 aromatic heterocycles. The lowest BCUT2D eigenvalue weighted by Gasteiger charge is -2.25. The van der Waals surface area contributed by atoms with E-state index in [4.69, 9.17) is 9.84 Å². The maximum atomic E-state index is 11.0. The number of morpholine rings is 1. The molecular formula is C10H10N4O3S. The Morgan fingerprint density at radius 1 is 1.61 bits per heavy atom. The number of rotatable bonds is 2. The number of ether oxygens (including phenoxy) is 1. The number of anilines is 1. The number of aromatic nitrogens is 3. The average molecular weight is 266 g/mol. The molecule has 4 heterocycles. The van der Waals surface area contributed by atoms with E-state index in [9.17, 15) is 4.79 Å². The molecule has 8 heteroatoms. The SMILES string of the molecule is O=C(O)c1ncn2nc(N3C[C@H]4C[C@@H]3CO4)sc12. The highest BCUT2D eigenvalue weighted by molar-refractivity contribution is 7.21. The van der Waals surface area contributed by atoms with Gasteiger partial charge in [-0.1, -0.05) is 11.3 Å². The van der Waals surface area contributed by atoms with Crippen molar-refractivity contribution in [3.05, 3.63) is 12.0 Å². The smallest absolute Gasteiger partial charge is 0.357 e. The maximum absolute atomic E-state index is 11.0. The lowest BCUT2D eigenvalue weighted by atomic mass is 10.2. The molecule has 7 nitrogen and oxygen atoms in total. The van der Waals surface area contributed by atoms with Crippen LogP contribution in [0.3, 0.4) is 0 Å². The largest absolute Gasteiger partial charge is 0.476 e. The summed E-state index contributed by atoms with van der Waals surface area (Å²) in [5.41, 5.74) is 0.0688. The van der Waals surface area contributed by atoms with Gasteiger partial charge in [-0.2, -0.15) is 0 Å². The van der Waals surface area contributed by atoms with Crippen LogP contribution in [0.4, 0.5) is 5.13 Å². The van der Waals surface area contributed by atoms with Crippen molar-refractivity contribution in [3.63, 3.8) is 0 Å². The Kier molecular flexibility index (Phi) is 1.95. The van der Waals surface area contributed by atoms with Crippen LogP contribution in [0.25, 0.3) is 4.83 Å². The van der Waals surface area contributed by atoms with Gasteiger partial charge < -0.3 is 14.7 Å². The lowest BCUT2D eigenvalue weighted by molar-refractivity contribution is 0.0693. The van der Waals surface area contributed by atoms with Crippen LogP contribution in [0.2, 0.25) is 0 Å². The van der Waals surface area contributed by atoms with Crippen LogP contribution < -0.4 is 4.90 Å². The average Bonchev–Trinajstić information content (AvgIpc) is 3.07. The first kappa shape index (κ1) is 10.3. The molecule has 2 fully saturated rings. The molecule has 0 aromatic carbocycles. The third-order valence-electron chi connectivity index (χ3n) is 3.44. The van der Waals surface area contributed by atoms with Crippen molar-refractivity contribution < 1.29 is 14.6 Å². The minimum atomic E-state index is -1.01. The number of aromatic carboxylic acids is 1. The van der Waals surface area contributed by atoms with Crippen LogP contribution >= 0.6 is 11.3 Å². The summed E-state index contributed by atoms with van der Waals surface area (Å²) < 4.78 is 7.08. The monoisotopic (exact) mass is 266 g/mol. The van der Waals surface area contributed by atoms with Gasteiger partial charge in [0.1, 0.15) is 6.33 Å². The van der Waals surface area contributed by atoms with Gasteiger partial charge in [-0.3, -0.25) is 0 Å². The molecular weight excluding hydrogens is 256 g/mol. The Balaban J connectivity index is 1.76. The highest BCUT2D eigenvalue weighted by Gasteiger charge is 2.40. The molecule has 2 bridgehead atoms. The summed E-state index contributed by atoms with van der Waals surface area (Å²) in [6.45, 7) is 1.58. The molecule has 0 radical (unpaired) electrons. The summed E-state index contributed by atoms with van der Waals surface area (Å²) >= 11 is 1.37. The summed E-state index contributed by atoms with van der Waals surface area (Å²) in [6, 6.07) is 0.382. The van der Waals surface area contributed by atoms with E-state index in [1.807, 2.05) is 0 Å². The quantitative estimate of drug-likeness (QED) is 0.851. The third-order valence-corrected chi connectivity index (χ3v) is 4.51. The van der Waals surface area contributed by atoms with Gasteiger partial charge >= 0.3 is 5.97 Å². The Morgan fingerprint density at radius 3 is 3.17 bits per heavy atom. The minimum Gasteiger partial charge on any atom is -0.476 e. The fourth-order valence-corrected chi connectivity index (χ4v) is 3.65. The Morgan fingerprint density at radius 2 is 2.50 bits per heavy atom. The summed E-state index contributed by atoms with van der Waals surface area (Å²) in [5, 5.41) is 14.3. The second-order valence-electron chi connectivity index (χ2n) is 4.53.